The second kappa shape index (κ2) is 6.63. The monoisotopic (exact) mass is 342 g/mol. The van der Waals surface area contributed by atoms with Gasteiger partial charge in [-0.25, -0.2) is 0 Å². The minimum absolute atomic E-state index is 0.00788. The molecular weight excluding hydrogens is 325 g/mol. The zero-order valence-corrected chi connectivity index (χ0v) is 13.7. The lowest BCUT2D eigenvalue weighted by molar-refractivity contribution is -0.152. The molecule has 5 nitrogen and oxygen atoms in total. The molecule has 2 fully saturated rings. The number of rotatable bonds is 3. The van der Waals surface area contributed by atoms with Crippen LogP contribution in [0, 0.1) is 0 Å². The zero-order valence-electron chi connectivity index (χ0n) is 12.0. The summed E-state index contributed by atoms with van der Waals surface area (Å²) in [5, 5.41) is 0.666. The predicted octanol–water partition coefficient (Wildman–Crippen LogP) is 3.59. The van der Waals surface area contributed by atoms with Gasteiger partial charge in [0.1, 0.15) is 0 Å². The Morgan fingerprint density at radius 3 is 2.59 bits per heavy atom. The van der Waals surface area contributed by atoms with Gasteiger partial charge in [-0.05, 0) is 49.8 Å². The van der Waals surface area contributed by atoms with Crippen molar-refractivity contribution in [2.75, 3.05) is 0 Å². The van der Waals surface area contributed by atoms with Gasteiger partial charge in [-0.3, -0.25) is 4.79 Å². The lowest BCUT2D eigenvalue weighted by Gasteiger charge is -2.46. The van der Waals surface area contributed by atoms with Crippen LogP contribution in [0.4, 0.5) is 0 Å². The Hall–Kier alpha value is -1.00. The highest BCUT2D eigenvalue weighted by atomic mass is 35.5. The molecule has 4 atom stereocenters. The third kappa shape index (κ3) is 3.18. The molecule has 2 unspecified atom stereocenters. The number of hydrogen-bond donors (Lipinski definition) is 1. The fourth-order valence-corrected chi connectivity index (χ4v) is 4.09. The molecule has 2 aliphatic rings. The summed E-state index contributed by atoms with van der Waals surface area (Å²) in [6.07, 6.45) is 3.45. The van der Waals surface area contributed by atoms with Gasteiger partial charge in [-0.15, -0.1) is 9.42 Å². The second-order valence-electron chi connectivity index (χ2n) is 5.81. The molecule has 2 aliphatic heterocycles. The predicted molar refractivity (Wildman–Crippen MR) is 82.6 cm³/mol. The third-order valence-electron chi connectivity index (χ3n) is 4.51. The lowest BCUT2D eigenvalue weighted by Crippen LogP contribution is -2.53. The highest BCUT2D eigenvalue weighted by Gasteiger charge is 2.45. The summed E-state index contributed by atoms with van der Waals surface area (Å²) in [5.74, 6) is -0.173. The molecule has 0 saturated carbocycles. The van der Waals surface area contributed by atoms with E-state index in [1.807, 2.05) is 29.2 Å². The van der Waals surface area contributed by atoms with Crippen LogP contribution in [0.1, 0.15) is 43.7 Å². The smallest absolute Gasteiger partial charge is 0.330 e. The first-order chi connectivity index (χ1) is 10.6. The van der Waals surface area contributed by atoms with Crippen LogP contribution in [0.5, 0.6) is 0 Å². The van der Waals surface area contributed by atoms with Crippen molar-refractivity contribution in [3.8, 4) is 0 Å². The van der Waals surface area contributed by atoms with E-state index in [-0.39, 0.29) is 18.0 Å². The summed E-state index contributed by atoms with van der Waals surface area (Å²) in [5.41, 5.74) is 1.05. The molecule has 0 spiro atoms. The molecule has 2 heterocycles. The maximum Gasteiger partial charge on any atom is 0.695 e. The molecule has 7 heteroatoms. The minimum atomic E-state index is -2.76. The number of carbonyl (C=O) groups excluding carboxylic acids is 1. The minimum Gasteiger partial charge on any atom is -0.330 e. The van der Waals surface area contributed by atoms with Crippen molar-refractivity contribution in [2.45, 2.75) is 50.3 Å². The average molecular weight is 343 g/mol. The number of piperidine rings is 2. The maximum absolute atomic E-state index is 12.7. The van der Waals surface area contributed by atoms with E-state index in [2.05, 4.69) is 0 Å². The largest absolute Gasteiger partial charge is 0.695 e. The Kier molecular flexibility index (Phi) is 4.79. The molecule has 0 aliphatic carbocycles. The molecule has 118 valence electrons. The summed E-state index contributed by atoms with van der Waals surface area (Å²) < 4.78 is 15.8. The van der Waals surface area contributed by atoms with Gasteiger partial charge in [0, 0.05) is 15.6 Å². The van der Waals surface area contributed by atoms with Crippen molar-refractivity contribution < 1.29 is 18.8 Å². The molecule has 1 N–H and O–H groups in total. The van der Waals surface area contributed by atoms with Crippen LogP contribution in [0.25, 0.3) is 0 Å². The maximum atomic E-state index is 12.7. The van der Waals surface area contributed by atoms with Gasteiger partial charge in [0.25, 0.3) is 5.91 Å². The molecule has 1 amide bonds. The summed E-state index contributed by atoms with van der Waals surface area (Å²) in [6.45, 7) is 0. The molecular formula is C15H18ClNO4P+. The first-order valence-electron chi connectivity index (χ1n) is 7.47. The van der Waals surface area contributed by atoms with E-state index in [0.29, 0.717) is 11.4 Å². The first kappa shape index (κ1) is 15.9. The van der Waals surface area contributed by atoms with Crippen molar-refractivity contribution in [1.29, 1.82) is 0 Å². The molecule has 3 rings (SSSR count). The number of nitrogens with zero attached hydrogens (tertiary/aromatic N) is 1. The molecule has 22 heavy (non-hydrogen) atoms. The highest BCUT2D eigenvalue weighted by Crippen LogP contribution is 2.41. The topological polar surface area (TPSA) is 66.8 Å². The Labute approximate surface area is 135 Å². The van der Waals surface area contributed by atoms with E-state index in [1.54, 1.807) is 0 Å². The van der Waals surface area contributed by atoms with E-state index in [0.717, 1.165) is 31.2 Å². The average Bonchev–Trinajstić information content (AvgIpc) is 2.50. The first-order valence-corrected chi connectivity index (χ1v) is 8.97. The molecule has 0 aromatic heterocycles. The summed E-state index contributed by atoms with van der Waals surface area (Å²) in [6, 6.07) is 7.73. The standard InChI is InChI=1S/C15H17ClNO4P/c16-11-6-4-10(5-7-11)13-3-1-2-12-8-9-14(21-22(19)20)15(18)17(12)13/h4-7,12-14H,1-3,8-9H2/p+1/t12-,13+,14?/m1/s1. The fourth-order valence-electron chi connectivity index (χ4n) is 3.55. The van der Waals surface area contributed by atoms with E-state index in [9.17, 15) is 9.36 Å². The van der Waals surface area contributed by atoms with Gasteiger partial charge in [-0.2, -0.15) is 0 Å². The van der Waals surface area contributed by atoms with Crippen molar-refractivity contribution in [2.24, 2.45) is 0 Å². The second-order valence-corrected chi connectivity index (χ2v) is 6.93. The normalized spacial score (nSPS) is 29.2. The summed E-state index contributed by atoms with van der Waals surface area (Å²) in [7, 11) is -2.76. The summed E-state index contributed by atoms with van der Waals surface area (Å²) >= 11 is 5.94. The number of halogens is 1. The van der Waals surface area contributed by atoms with Gasteiger partial charge >= 0.3 is 8.25 Å². The van der Waals surface area contributed by atoms with Gasteiger partial charge in [0.15, 0.2) is 6.10 Å². The third-order valence-corrected chi connectivity index (χ3v) is 5.20. The van der Waals surface area contributed by atoms with Gasteiger partial charge < -0.3 is 4.90 Å². The van der Waals surface area contributed by atoms with E-state index in [1.165, 1.54) is 0 Å². The number of benzene rings is 1. The number of carbonyl (C=O) groups is 1. The SMILES string of the molecule is O=C1C(O[P+](=O)O)CC[C@H]2CCC[C@@H](c3ccc(Cl)cc3)N12. The Bertz CT molecular complexity index is 579. The van der Waals surface area contributed by atoms with Crippen molar-refractivity contribution in [3.05, 3.63) is 34.9 Å². The lowest BCUT2D eigenvalue weighted by atomic mass is 9.85. The van der Waals surface area contributed by atoms with Crippen LogP contribution in [-0.4, -0.2) is 27.8 Å². The van der Waals surface area contributed by atoms with E-state index >= 15 is 0 Å². The van der Waals surface area contributed by atoms with Crippen LogP contribution in [0.2, 0.25) is 5.02 Å². The fraction of sp³-hybridized carbons (Fsp3) is 0.533. The molecule has 1 aromatic carbocycles. The van der Waals surface area contributed by atoms with Crippen molar-refractivity contribution in [3.63, 3.8) is 0 Å². The van der Waals surface area contributed by atoms with Crippen LogP contribution in [0.15, 0.2) is 24.3 Å². The van der Waals surface area contributed by atoms with Crippen LogP contribution in [0.3, 0.4) is 0 Å². The molecule has 0 radical (unpaired) electrons. The van der Waals surface area contributed by atoms with Crippen LogP contribution in [-0.2, 0) is 13.9 Å². The van der Waals surface area contributed by atoms with E-state index in [4.69, 9.17) is 21.0 Å². The Morgan fingerprint density at radius 2 is 1.91 bits per heavy atom. The van der Waals surface area contributed by atoms with Gasteiger partial charge in [0.2, 0.25) is 0 Å². The molecule has 0 bridgehead atoms. The highest BCUT2D eigenvalue weighted by molar-refractivity contribution is 7.32. The number of hydrogen-bond acceptors (Lipinski definition) is 3. The van der Waals surface area contributed by atoms with Gasteiger partial charge in [0.05, 0.1) is 6.04 Å². The zero-order chi connectivity index (χ0) is 15.7. The van der Waals surface area contributed by atoms with Crippen LogP contribution < -0.4 is 0 Å². The van der Waals surface area contributed by atoms with E-state index < -0.39 is 14.4 Å². The molecule has 2 saturated heterocycles. The Morgan fingerprint density at radius 1 is 1.18 bits per heavy atom. The Balaban J connectivity index is 1.86. The summed E-state index contributed by atoms with van der Waals surface area (Å²) in [4.78, 5) is 23.5. The number of fused-ring (bicyclic) bond motifs is 1. The number of amides is 1. The quantitative estimate of drug-likeness (QED) is 0.852. The van der Waals surface area contributed by atoms with Crippen LogP contribution >= 0.6 is 19.9 Å². The van der Waals surface area contributed by atoms with Gasteiger partial charge in [-0.1, -0.05) is 23.7 Å². The van der Waals surface area contributed by atoms with Crippen molar-refractivity contribution >= 4 is 25.8 Å². The molecule has 1 aromatic rings. The van der Waals surface area contributed by atoms with Crippen molar-refractivity contribution in [1.82, 2.24) is 4.90 Å².